The van der Waals surface area contributed by atoms with Crippen molar-refractivity contribution in [2.75, 3.05) is 13.1 Å². The third-order valence-corrected chi connectivity index (χ3v) is 5.34. The molecule has 1 aliphatic heterocycles. The Labute approximate surface area is 140 Å². The molecule has 0 unspecified atom stereocenters. The van der Waals surface area contributed by atoms with Gasteiger partial charge in [0.1, 0.15) is 5.82 Å². The number of hydrogen-bond donors (Lipinski definition) is 1. The van der Waals surface area contributed by atoms with E-state index in [4.69, 9.17) is 16.7 Å². The van der Waals surface area contributed by atoms with Crippen molar-refractivity contribution in [3.63, 3.8) is 0 Å². The summed E-state index contributed by atoms with van der Waals surface area (Å²) in [5.41, 5.74) is 4.64. The van der Waals surface area contributed by atoms with Gasteiger partial charge in [-0.15, -0.1) is 0 Å². The predicted octanol–water partition coefficient (Wildman–Crippen LogP) is 4.15. The number of nitrogens with zero attached hydrogens (tertiary/aromatic N) is 2. The summed E-state index contributed by atoms with van der Waals surface area (Å²) in [6, 6.07) is 5.51. The van der Waals surface area contributed by atoms with E-state index in [0.717, 1.165) is 37.2 Å². The SMILES string of the molecule is Fc1ccc(-c2c3c(nn2C2CCCC2)CCNCC3)cc1Cl. The third-order valence-electron chi connectivity index (χ3n) is 5.05. The van der Waals surface area contributed by atoms with Gasteiger partial charge in [0.05, 0.1) is 22.5 Å². The zero-order chi connectivity index (χ0) is 15.8. The number of fused-ring (bicyclic) bond motifs is 1. The van der Waals surface area contributed by atoms with Gasteiger partial charge in [0.15, 0.2) is 0 Å². The summed E-state index contributed by atoms with van der Waals surface area (Å²) >= 11 is 6.04. The molecule has 23 heavy (non-hydrogen) atoms. The first-order valence-electron chi connectivity index (χ1n) is 8.50. The van der Waals surface area contributed by atoms with E-state index >= 15 is 0 Å². The highest BCUT2D eigenvalue weighted by Gasteiger charge is 2.27. The Morgan fingerprint density at radius 1 is 1.17 bits per heavy atom. The first-order valence-corrected chi connectivity index (χ1v) is 8.88. The van der Waals surface area contributed by atoms with Gasteiger partial charge >= 0.3 is 0 Å². The molecule has 2 aromatic rings. The fourth-order valence-corrected chi connectivity index (χ4v) is 4.07. The minimum atomic E-state index is -0.366. The van der Waals surface area contributed by atoms with Crippen molar-refractivity contribution >= 4 is 11.6 Å². The van der Waals surface area contributed by atoms with Crippen LogP contribution < -0.4 is 5.32 Å². The van der Waals surface area contributed by atoms with Crippen LogP contribution in [0.2, 0.25) is 5.02 Å². The van der Waals surface area contributed by atoms with Crippen molar-refractivity contribution in [3.05, 3.63) is 40.3 Å². The number of nitrogens with one attached hydrogen (secondary N) is 1. The Kier molecular flexibility index (Phi) is 4.12. The fraction of sp³-hybridized carbons (Fsp3) is 0.500. The highest BCUT2D eigenvalue weighted by atomic mass is 35.5. The number of halogens is 2. The van der Waals surface area contributed by atoms with Crippen molar-refractivity contribution < 1.29 is 4.39 Å². The minimum absolute atomic E-state index is 0.183. The highest BCUT2D eigenvalue weighted by Crippen LogP contribution is 2.37. The van der Waals surface area contributed by atoms with Crippen LogP contribution in [0.3, 0.4) is 0 Å². The number of hydrogen-bond acceptors (Lipinski definition) is 2. The van der Waals surface area contributed by atoms with Crippen LogP contribution >= 0.6 is 11.6 Å². The molecule has 1 aliphatic carbocycles. The van der Waals surface area contributed by atoms with E-state index in [1.54, 1.807) is 6.07 Å². The molecule has 1 aromatic heterocycles. The van der Waals surface area contributed by atoms with E-state index in [0.29, 0.717) is 6.04 Å². The van der Waals surface area contributed by atoms with Crippen molar-refractivity contribution in [2.24, 2.45) is 0 Å². The van der Waals surface area contributed by atoms with Gasteiger partial charge in [0.2, 0.25) is 0 Å². The van der Waals surface area contributed by atoms with Crippen LogP contribution in [0.5, 0.6) is 0 Å². The quantitative estimate of drug-likeness (QED) is 0.895. The Balaban J connectivity index is 1.87. The van der Waals surface area contributed by atoms with E-state index in [9.17, 15) is 4.39 Å². The number of rotatable bonds is 2. The van der Waals surface area contributed by atoms with Crippen LogP contribution in [0, 0.1) is 5.82 Å². The van der Waals surface area contributed by atoms with Crippen LogP contribution in [-0.2, 0) is 12.8 Å². The maximum Gasteiger partial charge on any atom is 0.141 e. The Bertz CT molecular complexity index is 719. The molecule has 122 valence electrons. The summed E-state index contributed by atoms with van der Waals surface area (Å²) in [4.78, 5) is 0. The molecule has 4 rings (SSSR count). The van der Waals surface area contributed by atoms with Gasteiger partial charge in [-0.3, -0.25) is 4.68 Å². The lowest BCUT2D eigenvalue weighted by Gasteiger charge is -2.16. The lowest BCUT2D eigenvalue weighted by Crippen LogP contribution is -2.18. The van der Waals surface area contributed by atoms with E-state index in [2.05, 4.69) is 10.00 Å². The molecular formula is C18H21ClFN3. The first-order chi connectivity index (χ1) is 11.2. The van der Waals surface area contributed by atoms with Gasteiger partial charge in [-0.25, -0.2) is 4.39 Å². The van der Waals surface area contributed by atoms with E-state index in [1.165, 1.54) is 43.0 Å². The van der Waals surface area contributed by atoms with Gasteiger partial charge in [-0.1, -0.05) is 24.4 Å². The van der Waals surface area contributed by atoms with Crippen LogP contribution in [0.25, 0.3) is 11.3 Å². The van der Waals surface area contributed by atoms with Gasteiger partial charge in [0.25, 0.3) is 0 Å². The molecular weight excluding hydrogens is 313 g/mol. The lowest BCUT2D eigenvalue weighted by atomic mass is 10.0. The molecule has 1 fully saturated rings. The van der Waals surface area contributed by atoms with Crippen LogP contribution in [0.1, 0.15) is 43.0 Å². The van der Waals surface area contributed by atoms with E-state index in [-0.39, 0.29) is 10.8 Å². The smallest absolute Gasteiger partial charge is 0.141 e. The predicted molar refractivity (Wildman–Crippen MR) is 90.4 cm³/mol. The molecule has 0 atom stereocenters. The minimum Gasteiger partial charge on any atom is -0.316 e. The third kappa shape index (κ3) is 2.79. The molecule has 5 heteroatoms. The van der Waals surface area contributed by atoms with E-state index < -0.39 is 0 Å². The standard InChI is InChI=1S/C18H21ClFN3/c19-15-11-12(5-6-16(15)20)18-14-7-9-21-10-8-17(14)22-23(18)13-3-1-2-4-13/h5-6,11,13,21H,1-4,7-10H2. The monoisotopic (exact) mass is 333 g/mol. The summed E-state index contributed by atoms with van der Waals surface area (Å²) in [7, 11) is 0. The van der Waals surface area contributed by atoms with Crippen LogP contribution in [-0.4, -0.2) is 22.9 Å². The first kappa shape index (κ1) is 15.2. The van der Waals surface area contributed by atoms with E-state index in [1.807, 2.05) is 6.07 Å². The van der Waals surface area contributed by atoms with Crippen LogP contribution in [0.4, 0.5) is 4.39 Å². The topological polar surface area (TPSA) is 29.9 Å². The molecule has 1 N–H and O–H groups in total. The second-order valence-corrected chi connectivity index (χ2v) is 6.94. The second-order valence-electron chi connectivity index (χ2n) is 6.54. The molecule has 2 aliphatic rings. The summed E-state index contributed by atoms with van der Waals surface area (Å²) in [5, 5.41) is 8.58. The molecule has 0 radical (unpaired) electrons. The largest absolute Gasteiger partial charge is 0.316 e. The number of aromatic nitrogens is 2. The molecule has 0 bridgehead atoms. The Morgan fingerprint density at radius 3 is 2.74 bits per heavy atom. The molecule has 2 heterocycles. The normalized spacial score (nSPS) is 18.9. The summed E-state index contributed by atoms with van der Waals surface area (Å²) in [5.74, 6) is -0.366. The zero-order valence-electron chi connectivity index (χ0n) is 13.1. The maximum absolute atomic E-state index is 13.6. The van der Waals surface area contributed by atoms with Crippen molar-refractivity contribution in [1.29, 1.82) is 0 Å². The van der Waals surface area contributed by atoms with Gasteiger partial charge in [0, 0.05) is 24.1 Å². The average Bonchev–Trinajstić information content (AvgIpc) is 3.13. The van der Waals surface area contributed by atoms with Crippen LogP contribution in [0.15, 0.2) is 18.2 Å². The fourth-order valence-electron chi connectivity index (χ4n) is 3.89. The molecule has 0 spiro atoms. The van der Waals surface area contributed by atoms with Crippen molar-refractivity contribution in [2.45, 2.75) is 44.6 Å². The Morgan fingerprint density at radius 2 is 1.96 bits per heavy atom. The molecule has 3 nitrogen and oxygen atoms in total. The molecule has 0 amide bonds. The van der Waals surface area contributed by atoms with Gasteiger partial charge < -0.3 is 5.32 Å². The maximum atomic E-state index is 13.6. The lowest BCUT2D eigenvalue weighted by molar-refractivity contribution is 0.466. The molecule has 1 saturated carbocycles. The average molecular weight is 334 g/mol. The number of benzene rings is 1. The molecule has 1 aromatic carbocycles. The highest BCUT2D eigenvalue weighted by molar-refractivity contribution is 6.31. The van der Waals surface area contributed by atoms with Crippen molar-refractivity contribution in [1.82, 2.24) is 15.1 Å². The second kappa shape index (κ2) is 6.25. The van der Waals surface area contributed by atoms with Gasteiger partial charge in [-0.05, 0) is 44.0 Å². The summed E-state index contributed by atoms with van der Waals surface area (Å²) in [6.45, 7) is 1.93. The zero-order valence-corrected chi connectivity index (χ0v) is 13.9. The summed E-state index contributed by atoms with van der Waals surface area (Å²) < 4.78 is 15.8. The van der Waals surface area contributed by atoms with Gasteiger partial charge in [-0.2, -0.15) is 5.10 Å². The summed E-state index contributed by atoms with van der Waals surface area (Å²) in [6.07, 6.45) is 6.81. The molecule has 0 saturated heterocycles. The van der Waals surface area contributed by atoms with Crippen molar-refractivity contribution in [3.8, 4) is 11.3 Å². The Hall–Kier alpha value is -1.39.